The van der Waals surface area contributed by atoms with Gasteiger partial charge in [0.25, 0.3) is 0 Å². The molecule has 0 aliphatic carbocycles. The van der Waals surface area contributed by atoms with Gasteiger partial charge >= 0.3 is 0 Å². The molecule has 1 unspecified atom stereocenters. The molecule has 0 aromatic heterocycles. The van der Waals surface area contributed by atoms with E-state index >= 15 is 0 Å². The topological polar surface area (TPSA) is 99.5 Å². The van der Waals surface area contributed by atoms with Crippen LogP contribution >= 0.6 is 8.69 Å². The Morgan fingerprint density at radius 3 is 1.23 bits per heavy atom. The minimum Gasteiger partial charge on any atom is -0.394 e. The first-order valence-electron chi connectivity index (χ1n) is 12.1. The van der Waals surface area contributed by atoms with Gasteiger partial charge in [0.05, 0.1) is 33.0 Å². The Bertz CT molecular complexity index is 305. The van der Waals surface area contributed by atoms with Gasteiger partial charge in [-0.2, -0.15) is 0 Å². The lowest BCUT2D eigenvalue weighted by atomic mass is 10.0. The lowest BCUT2D eigenvalue weighted by Gasteiger charge is -2.20. The van der Waals surface area contributed by atoms with Gasteiger partial charge in [0.15, 0.2) is 8.69 Å². The van der Waals surface area contributed by atoms with Gasteiger partial charge in [-0.25, -0.2) is 0 Å². The molecule has 0 saturated carbocycles. The molecule has 184 valence electrons. The maximum Gasteiger partial charge on any atom is 0.177 e. The van der Waals surface area contributed by atoms with Crippen LogP contribution in [0.1, 0.15) is 110 Å². The third-order valence-electron chi connectivity index (χ3n) is 4.85. The van der Waals surface area contributed by atoms with Crippen LogP contribution in [-0.4, -0.2) is 53.3 Å². The van der Waals surface area contributed by atoms with Gasteiger partial charge in [-0.15, -0.1) is 0 Å². The zero-order valence-electron chi connectivity index (χ0n) is 19.4. The second-order valence-corrected chi connectivity index (χ2v) is 7.79. The normalized spacial score (nSPS) is 11.4. The molecule has 7 nitrogen and oxygen atoms in total. The van der Waals surface area contributed by atoms with Crippen LogP contribution in [-0.2, 0) is 14.2 Å². The number of rotatable bonds is 23. The van der Waals surface area contributed by atoms with E-state index in [0.29, 0.717) is 6.54 Å². The predicted octanol–water partition coefficient (Wildman–Crippen LogP) is 5.05. The Balaban J connectivity index is 0. The van der Waals surface area contributed by atoms with Crippen LogP contribution in [0.2, 0.25) is 0 Å². The molecule has 30 heavy (non-hydrogen) atoms. The lowest BCUT2D eigenvalue weighted by Crippen LogP contribution is -2.28. The van der Waals surface area contributed by atoms with E-state index in [4.69, 9.17) is 29.3 Å². The highest BCUT2D eigenvalue weighted by molar-refractivity contribution is 7.16. The van der Waals surface area contributed by atoms with Crippen molar-refractivity contribution >= 4 is 8.69 Å². The van der Waals surface area contributed by atoms with Crippen molar-refractivity contribution in [1.82, 2.24) is 5.23 Å². The van der Waals surface area contributed by atoms with Crippen molar-refractivity contribution in [1.29, 1.82) is 0 Å². The third-order valence-corrected chi connectivity index (χ3v) is 4.85. The third kappa shape index (κ3) is 30.2. The van der Waals surface area contributed by atoms with Gasteiger partial charge in [-0.1, -0.05) is 108 Å². The first kappa shape index (κ1) is 32.2. The van der Waals surface area contributed by atoms with E-state index in [0.717, 1.165) is 6.42 Å². The summed E-state index contributed by atoms with van der Waals surface area (Å²) in [5.41, 5.74) is 0. The SMILES string of the molecule is CCCCCCCCCCCCCCCCCCN(OCCO)OCCO.O=[PH2]O. The quantitative estimate of drug-likeness (QED) is 0.113. The highest BCUT2D eigenvalue weighted by atomic mass is 31.1. The number of aliphatic hydroxyl groups is 2. The summed E-state index contributed by atoms with van der Waals surface area (Å²) < 4.78 is 8.57. The Morgan fingerprint density at radius 1 is 0.633 bits per heavy atom. The second kappa shape index (κ2) is 31.2. The molecule has 8 heteroatoms. The van der Waals surface area contributed by atoms with E-state index in [1.54, 1.807) is 0 Å². The number of unbranched alkanes of at least 4 members (excludes halogenated alkanes) is 15. The van der Waals surface area contributed by atoms with Gasteiger partial charge in [0.2, 0.25) is 0 Å². The van der Waals surface area contributed by atoms with Crippen LogP contribution < -0.4 is 0 Å². The van der Waals surface area contributed by atoms with Crippen molar-refractivity contribution in [3.8, 4) is 0 Å². The zero-order valence-corrected chi connectivity index (χ0v) is 20.6. The molecule has 1 atom stereocenters. The van der Waals surface area contributed by atoms with E-state index in [-0.39, 0.29) is 26.4 Å². The van der Waals surface area contributed by atoms with Crippen LogP contribution in [0.5, 0.6) is 0 Å². The van der Waals surface area contributed by atoms with Crippen molar-refractivity contribution in [3.05, 3.63) is 0 Å². The van der Waals surface area contributed by atoms with Crippen LogP contribution in [0.15, 0.2) is 0 Å². The van der Waals surface area contributed by atoms with Gasteiger partial charge in [0, 0.05) is 0 Å². The maximum absolute atomic E-state index is 8.80. The second-order valence-electron chi connectivity index (χ2n) is 7.58. The summed E-state index contributed by atoms with van der Waals surface area (Å²) in [5, 5.41) is 19.0. The average Bonchev–Trinajstić information content (AvgIpc) is 2.75. The minimum atomic E-state index is -1.50. The molecule has 0 spiro atoms. The number of hydrogen-bond donors (Lipinski definition) is 3. The Labute approximate surface area is 186 Å². The molecular formula is C22H50NO6P. The van der Waals surface area contributed by atoms with Crippen LogP contribution in [0.3, 0.4) is 0 Å². The van der Waals surface area contributed by atoms with E-state index in [2.05, 4.69) is 6.92 Å². The van der Waals surface area contributed by atoms with Crippen molar-refractivity contribution in [2.75, 3.05) is 33.0 Å². The van der Waals surface area contributed by atoms with Gasteiger partial charge in [0.1, 0.15) is 0 Å². The lowest BCUT2D eigenvalue weighted by molar-refractivity contribution is -0.371. The molecule has 0 heterocycles. The fourth-order valence-corrected chi connectivity index (χ4v) is 3.24. The summed E-state index contributed by atoms with van der Waals surface area (Å²) in [6.45, 7) is 3.35. The van der Waals surface area contributed by atoms with E-state index in [1.807, 2.05) is 0 Å². The highest BCUT2D eigenvalue weighted by Gasteiger charge is 2.05. The molecule has 0 aromatic carbocycles. The zero-order chi connectivity index (χ0) is 22.5. The summed E-state index contributed by atoms with van der Waals surface area (Å²) >= 11 is 0. The van der Waals surface area contributed by atoms with E-state index in [1.165, 1.54) is 102 Å². The summed E-state index contributed by atoms with van der Waals surface area (Å²) in [5.74, 6) is 0. The highest BCUT2D eigenvalue weighted by Crippen LogP contribution is 2.13. The van der Waals surface area contributed by atoms with Gasteiger partial charge in [-0.05, 0) is 6.42 Å². The summed E-state index contributed by atoms with van der Waals surface area (Å²) in [4.78, 5) is 17.6. The van der Waals surface area contributed by atoms with Crippen molar-refractivity contribution in [3.63, 3.8) is 0 Å². The molecule has 3 N–H and O–H groups in total. The molecule has 0 aromatic rings. The molecule has 0 aliphatic rings. The molecule has 0 aliphatic heterocycles. The monoisotopic (exact) mass is 455 g/mol. The molecule has 0 rings (SSSR count). The molecular weight excluding hydrogens is 405 g/mol. The van der Waals surface area contributed by atoms with Crippen LogP contribution in [0.25, 0.3) is 0 Å². The first-order chi connectivity index (χ1) is 14.8. The smallest absolute Gasteiger partial charge is 0.177 e. The Kier molecular flexibility index (Phi) is 33.4. The number of aliphatic hydroxyl groups excluding tert-OH is 2. The summed E-state index contributed by atoms with van der Waals surface area (Å²) in [6, 6.07) is 0. The van der Waals surface area contributed by atoms with E-state index in [9.17, 15) is 0 Å². The average molecular weight is 456 g/mol. The van der Waals surface area contributed by atoms with Gasteiger partial charge in [-0.3, -0.25) is 14.2 Å². The maximum atomic E-state index is 8.80. The largest absolute Gasteiger partial charge is 0.394 e. The Hall–Kier alpha value is -0.0100. The fraction of sp³-hybridized carbons (Fsp3) is 1.00. The molecule has 0 radical (unpaired) electrons. The van der Waals surface area contributed by atoms with Crippen LogP contribution in [0, 0.1) is 0 Å². The Morgan fingerprint density at radius 2 is 0.933 bits per heavy atom. The molecule has 0 fully saturated rings. The van der Waals surface area contributed by atoms with Crippen molar-refractivity contribution < 1.29 is 29.3 Å². The summed E-state index contributed by atoms with van der Waals surface area (Å²) in [6.07, 6.45) is 21.6. The van der Waals surface area contributed by atoms with Crippen molar-refractivity contribution in [2.24, 2.45) is 0 Å². The predicted molar refractivity (Wildman–Crippen MR) is 125 cm³/mol. The summed E-state index contributed by atoms with van der Waals surface area (Å²) in [7, 11) is -1.50. The van der Waals surface area contributed by atoms with Crippen molar-refractivity contribution in [2.45, 2.75) is 110 Å². The standard InChI is InChI=1S/C22H47NO4.H3O2P/c1-2-3-4-5-6-7-8-9-10-11-12-13-14-15-16-17-18-23(26-21-19-24)27-22-20-25;1-3-2/h24-25H,2-22H2,1H3;3H2,(H,1,2). The first-order valence-corrected chi connectivity index (χ1v) is 13.1. The number of nitrogens with zero attached hydrogens (tertiary/aromatic N) is 1. The van der Waals surface area contributed by atoms with E-state index < -0.39 is 8.69 Å². The van der Waals surface area contributed by atoms with Crippen LogP contribution in [0.4, 0.5) is 0 Å². The number of hydroxylamine groups is 2. The number of hydrogen-bond acceptors (Lipinski definition) is 6. The molecule has 0 amide bonds. The van der Waals surface area contributed by atoms with Gasteiger partial charge < -0.3 is 15.1 Å². The molecule has 0 bridgehead atoms. The minimum absolute atomic E-state index is 0.0298. The fourth-order valence-electron chi connectivity index (χ4n) is 3.24. The molecule has 0 saturated heterocycles.